The fraction of sp³-hybridized carbons (Fsp3) is 0.909. The van der Waals surface area contributed by atoms with E-state index in [2.05, 4.69) is 0 Å². The Labute approximate surface area is 112 Å². The molecule has 18 heavy (non-hydrogen) atoms. The van der Waals surface area contributed by atoms with Gasteiger partial charge in [-0.2, -0.15) is 13.2 Å². The molecular formula is C11H12ClF3O2S. The molecule has 0 radical (unpaired) electrons. The third-order valence-electron chi connectivity index (χ3n) is 4.24. The number of hydrogen-bond acceptors (Lipinski definition) is 3. The summed E-state index contributed by atoms with van der Waals surface area (Å²) in [5.41, 5.74) is 0. The summed E-state index contributed by atoms with van der Waals surface area (Å²) in [7, 11) is 0. The lowest BCUT2D eigenvalue weighted by atomic mass is 9.89. The van der Waals surface area contributed by atoms with E-state index in [1.807, 2.05) is 0 Å². The predicted octanol–water partition coefficient (Wildman–Crippen LogP) is 2.84. The Morgan fingerprint density at radius 1 is 1.44 bits per heavy atom. The number of fused-ring (bicyclic) bond motifs is 1. The molecule has 1 saturated heterocycles. The van der Waals surface area contributed by atoms with E-state index in [0.29, 0.717) is 6.42 Å². The molecule has 6 atom stereocenters. The van der Waals surface area contributed by atoms with Crippen LogP contribution in [0, 0.1) is 17.8 Å². The van der Waals surface area contributed by atoms with Crippen molar-refractivity contribution in [3.05, 3.63) is 0 Å². The van der Waals surface area contributed by atoms with Crippen LogP contribution in [-0.2, 0) is 9.53 Å². The summed E-state index contributed by atoms with van der Waals surface area (Å²) in [5.74, 6) is -0.410. The first kappa shape index (κ1) is 12.9. The van der Waals surface area contributed by atoms with Crippen LogP contribution in [0.2, 0.25) is 0 Å². The lowest BCUT2D eigenvalue weighted by Crippen LogP contribution is -2.36. The molecule has 0 N–H and O–H groups in total. The van der Waals surface area contributed by atoms with Crippen LogP contribution in [0.5, 0.6) is 0 Å². The Hall–Kier alpha value is -0.100. The van der Waals surface area contributed by atoms with Gasteiger partial charge in [0.05, 0.1) is 5.92 Å². The van der Waals surface area contributed by atoms with Crippen LogP contribution >= 0.6 is 23.4 Å². The van der Waals surface area contributed by atoms with Crippen molar-refractivity contribution in [3.63, 3.8) is 0 Å². The van der Waals surface area contributed by atoms with Gasteiger partial charge in [-0.05, 0) is 18.8 Å². The Balaban J connectivity index is 1.73. The summed E-state index contributed by atoms with van der Waals surface area (Å²) in [6, 6.07) is 0. The molecule has 3 aliphatic rings. The Kier molecular flexibility index (Phi) is 3.01. The predicted molar refractivity (Wildman–Crippen MR) is 61.5 cm³/mol. The smallest absolute Gasteiger partial charge is 0.401 e. The number of esters is 1. The molecule has 1 aliphatic heterocycles. The van der Waals surface area contributed by atoms with E-state index < -0.39 is 17.3 Å². The lowest BCUT2D eigenvalue weighted by molar-refractivity contribution is -0.143. The molecule has 7 heteroatoms. The van der Waals surface area contributed by atoms with Crippen LogP contribution in [-0.4, -0.2) is 34.6 Å². The van der Waals surface area contributed by atoms with E-state index in [1.165, 1.54) is 0 Å². The molecule has 0 aromatic carbocycles. The van der Waals surface area contributed by atoms with Crippen LogP contribution < -0.4 is 0 Å². The first-order chi connectivity index (χ1) is 8.41. The van der Waals surface area contributed by atoms with Crippen LogP contribution in [0.3, 0.4) is 0 Å². The van der Waals surface area contributed by atoms with Gasteiger partial charge in [0.1, 0.15) is 11.4 Å². The fourth-order valence-electron chi connectivity index (χ4n) is 3.48. The van der Waals surface area contributed by atoms with Crippen molar-refractivity contribution in [3.8, 4) is 0 Å². The SMILES string of the molecule is O=C1O[C@H]2[C@H]3C[C@@H](C[C@@H]13)[C@H]2S[C@H](CCl)C(F)(F)F. The second kappa shape index (κ2) is 4.20. The van der Waals surface area contributed by atoms with Crippen LogP contribution in [0.4, 0.5) is 13.2 Å². The number of ether oxygens (including phenoxy) is 1. The van der Waals surface area contributed by atoms with Gasteiger partial charge in [0, 0.05) is 17.0 Å². The maximum Gasteiger partial charge on any atom is 0.401 e. The summed E-state index contributed by atoms with van der Waals surface area (Å²) in [4.78, 5) is 11.5. The van der Waals surface area contributed by atoms with Gasteiger partial charge < -0.3 is 4.74 Å². The van der Waals surface area contributed by atoms with Crippen LogP contribution in [0.1, 0.15) is 12.8 Å². The third kappa shape index (κ3) is 1.83. The van der Waals surface area contributed by atoms with Gasteiger partial charge in [-0.1, -0.05) is 0 Å². The molecule has 3 rings (SSSR count). The van der Waals surface area contributed by atoms with Gasteiger partial charge in [-0.3, -0.25) is 4.79 Å². The standard InChI is InChI=1S/C11H12ClF3O2S/c12-3-7(11(13,14)15)18-9-4-1-5-6(2-4)10(16)17-8(5)9/h4-9H,1-3H2/t4-,5-,6+,7+,8-,9+/m0/s1. The Morgan fingerprint density at radius 2 is 2.17 bits per heavy atom. The zero-order chi connectivity index (χ0) is 13.1. The summed E-state index contributed by atoms with van der Waals surface area (Å²) >= 11 is 6.26. The molecule has 2 aliphatic carbocycles. The van der Waals surface area contributed by atoms with E-state index >= 15 is 0 Å². The Morgan fingerprint density at radius 3 is 2.78 bits per heavy atom. The van der Waals surface area contributed by atoms with Crippen molar-refractivity contribution in [2.75, 3.05) is 5.88 Å². The first-order valence-corrected chi connectivity index (χ1v) is 7.38. The van der Waals surface area contributed by atoms with E-state index in [-0.39, 0.29) is 35.1 Å². The zero-order valence-corrected chi connectivity index (χ0v) is 10.9. The maximum atomic E-state index is 12.7. The molecule has 0 spiro atoms. The topological polar surface area (TPSA) is 26.3 Å². The molecule has 0 unspecified atom stereocenters. The number of halogens is 4. The highest BCUT2D eigenvalue weighted by atomic mass is 35.5. The molecule has 2 nitrogen and oxygen atoms in total. The maximum absolute atomic E-state index is 12.7. The minimum absolute atomic E-state index is 0.0582. The monoisotopic (exact) mass is 300 g/mol. The van der Waals surface area contributed by atoms with E-state index in [9.17, 15) is 18.0 Å². The normalized spacial score (nSPS) is 43.3. The number of alkyl halides is 4. The summed E-state index contributed by atoms with van der Waals surface area (Å²) in [6.45, 7) is 0. The molecule has 0 aromatic rings. The lowest BCUT2D eigenvalue weighted by Gasteiger charge is -2.28. The molecule has 102 valence electrons. The molecule has 2 bridgehead atoms. The van der Waals surface area contributed by atoms with Crippen molar-refractivity contribution in [2.24, 2.45) is 17.8 Å². The van der Waals surface area contributed by atoms with E-state index in [0.717, 1.165) is 18.2 Å². The van der Waals surface area contributed by atoms with Gasteiger partial charge in [0.15, 0.2) is 0 Å². The van der Waals surface area contributed by atoms with Crippen molar-refractivity contribution < 1.29 is 22.7 Å². The van der Waals surface area contributed by atoms with Crippen molar-refractivity contribution in [1.82, 2.24) is 0 Å². The number of hydrogen-bond donors (Lipinski definition) is 0. The highest BCUT2D eigenvalue weighted by Gasteiger charge is 2.62. The molecular weight excluding hydrogens is 289 g/mol. The molecule has 3 fully saturated rings. The number of thioether (sulfide) groups is 1. The molecule has 0 aromatic heterocycles. The van der Waals surface area contributed by atoms with Crippen LogP contribution in [0.25, 0.3) is 0 Å². The van der Waals surface area contributed by atoms with Gasteiger partial charge in [-0.15, -0.1) is 23.4 Å². The van der Waals surface area contributed by atoms with Crippen molar-refractivity contribution in [2.45, 2.75) is 35.6 Å². The first-order valence-electron chi connectivity index (χ1n) is 5.90. The highest BCUT2D eigenvalue weighted by molar-refractivity contribution is 8.00. The minimum atomic E-state index is -4.30. The van der Waals surface area contributed by atoms with Crippen LogP contribution in [0.15, 0.2) is 0 Å². The zero-order valence-electron chi connectivity index (χ0n) is 9.32. The van der Waals surface area contributed by atoms with Gasteiger partial charge >= 0.3 is 12.1 Å². The average molecular weight is 301 g/mol. The average Bonchev–Trinajstić information content (AvgIpc) is 2.86. The minimum Gasteiger partial charge on any atom is -0.461 e. The molecule has 0 amide bonds. The fourth-order valence-corrected chi connectivity index (χ4v) is 5.34. The van der Waals surface area contributed by atoms with Gasteiger partial charge in [0.2, 0.25) is 0 Å². The van der Waals surface area contributed by atoms with Gasteiger partial charge in [-0.25, -0.2) is 0 Å². The van der Waals surface area contributed by atoms with E-state index in [4.69, 9.17) is 16.3 Å². The highest BCUT2D eigenvalue weighted by Crippen LogP contribution is 2.59. The van der Waals surface area contributed by atoms with E-state index in [1.54, 1.807) is 0 Å². The number of rotatable bonds is 3. The largest absolute Gasteiger partial charge is 0.461 e. The third-order valence-corrected chi connectivity index (χ3v) is 6.46. The second-order valence-electron chi connectivity index (χ2n) is 5.19. The van der Waals surface area contributed by atoms with Crippen molar-refractivity contribution >= 4 is 29.3 Å². The summed E-state index contributed by atoms with van der Waals surface area (Å²) < 4.78 is 43.4. The molecule has 1 heterocycles. The van der Waals surface area contributed by atoms with Gasteiger partial charge in [0.25, 0.3) is 0 Å². The van der Waals surface area contributed by atoms with Crippen molar-refractivity contribution in [1.29, 1.82) is 0 Å². The number of carbonyl (C=O) groups excluding carboxylic acids is 1. The number of carbonyl (C=O) groups is 1. The Bertz CT molecular complexity index is 376. The molecule has 2 saturated carbocycles. The second-order valence-corrected chi connectivity index (χ2v) is 6.88. The summed E-state index contributed by atoms with van der Waals surface area (Å²) in [5, 5.41) is -1.80. The quantitative estimate of drug-likeness (QED) is 0.592. The summed E-state index contributed by atoms with van der Waals surface area (Å²) in [6.07, 6.45) is -3.11.